The highest BCUT2D eigenvalue weighted by molar-refractivity contribution is 6.47. The quantitative estimate of drug-likeness (QED) is 0.496. The molecule has 0 saturated carbocycles. The molecule has 1 atom stereocenters. The summed E-state index contributed by atoms with van der Waals surface area (Å²) in [6, 6.07) is 22.0. The number of nitrogens with zero attached hydrogens (tertiary/aromatic N) is 2. The predicted octanol–water partition coefficient (Wildman–Crippen LogP) is 6.25. The first-order chi connectivity index (χ1) is 14.0. The molecular formula is C23H18Cl2N2O2. The van der Waals surface area contributed by atoms with Crippen molar-refractivity contribution >= 4 is 46.2 Å². The van der Waals surface area contributed by atoms with E-state index in [2.05, 4.69) is 4.99 Å². The van der Waals surface area contributed by atoms with Gasteiger partial charge in [0.2, 0.25) is 0 Å². The van der Waals surface area contributed by atoms with Crippen molar-refractivity contribution in [3.63, 3.8) is 0 Å². The fourth-order valence-electron chi connectivity index (χ4n) is 3.45. The second kappa shape index (κ2) is 8.27. The molecule has 1 fully saturated rings. The van der Waals surface area contributed by atoms with E-state index in [4.69, 9.17) is 27.9 Å². The minimum Gasteiger partial charge on any atom is -0.497 e. The lowest BCUT2D eigenvalue weighted by Gasteiger charge is -2.25. The van der Waals surface area contributed by atoms with Gasteiger partial charge in [0.15, 0.2) is 0 Å². The lowest BCUT2D eigenvalue weighted by Crippen LogP contribution is -2.29. The number of halogens is 2. The molecule has 1 aliphatic rings. The van der Waals surface area contributed by atoms with Crippen molar-refractivity contribution in [2.75, 3.05) is 12.0 Å². The van der Waals surface area contributed by atoms with Crippen LogP contribution in [0.1, 0.15) is 18.0 Å². The van der Waals surface area contributed by atoms with Crippen LogP contribution >= 0.6 is 23.2 Å². The lowest BCUT2D eigenvalue weighted by molar-refractivity contribution is -0.112. The SMILES string of the molecule is COc1ccc([C@@H]2CC(=Nc3cccc(Cl)c3)C(=O)N2c2cccc(Cl)c2)cc1. The summed E-state index contributed by atoms with van der Waals surface area (Å²) >= 11 is 12.3. The summed E-state index contributed by atoms with van der Waals surface area (Å²) in [6.45, 7) is 0. The van der Waals surface area contributed by atoms with Gasteiger partial charge in [0, 0.05) is 22.2 Å². The van der Waals surface area contributed by atoms with Crippen LogP contribution in [-0.2, 0) is 4.79 Å². The molecule has 3 aromatic carbocycles. The maximum Gasteiger partial charge on any atom is 0.273 e. The third-order valence-corrected chi connectivity index (χ3v) is 5.29. The normalized spacial score (nSPS) is 17.8. The molecule has 4 nitrogen and oxygen atoms in total. The van der Waals surface area contributed by atoms with Crippen LogP contribution in [0.5, 0.6) is 5.75 Å². The van der Waals surface area contributed by atoms with E-state index in [0.29, 0.717) is 27.9 Å². The van der Waals surface area contributed by atoms with Gasteiger partial charge in [0.1, 0.15) is 11.5 Å². The standard InChI is InChI=1S/C23H18Cl2N2O2/c1-29-20-10-8-15(9-11-20)22-14-21(26-18-6-2-4-16(24)12-18)23(28)27(22)19-7-3-5-17(25)13-19/h2-13,22H,14H2,1H3/t22-/m0/s1. The number of carbonyl (C=O) groups is 1. The molecule has 6 heteroatoms. The van der Waals surface area contributed by atoms with Gasteiger partial charge in [0.25, 0.3) is 5.91 Å². The molecule has 29 heavy (non-hydrogen) atoms. The van der Waals surface area contributed by atoms with Crippen LogP contribution in [-0.4, -0.2) is 18.7 Å². The minimum absolute atomic E-state index is 0.145. The molecule has 1 amide bonds. The van der Waals surface area contributed by atoms with Crippen LogP contribution < -0.4 is 9.64 Å². The molecule has 1 saturated heterocycles. The summed E-state index contributed by atoms with van der Waals surface area (Å²) in [6.07, 6.45) is 0.476. The molecule has 0 aromatic heterocycles. The van der Waals surface area contributed by atoms with E-state index in [1.54, 1.807) is 36.3 Å². The van der Waals surface area contributed by atoms with Crippen molar-refractivity contribution in [3.8, 4) is 5.75 Å². The van der Waals surface area contributed by atoms with Crippen molar-refractivity contribution in [2.24, 2.45) is 4.99 Å². The Hall–Kier alpha value is -2.82. The Morgan fingerprint density at radius 1 is 0.966 bits per heavy atom. The van der Waals surface area contributed by atoms with Crippen LogP contribution in [0.3, 0.4) is 0 Å². The average molecular weight is 425 g/mol. The third kappa shape index (κ3) is 4.14. The number of methoxy groups -OCH3 is 1. The average Bonchev–Trinajstić information content (AvgIpc) is 3.04. The van der Waals surface area contributed by atoms with E-state index in [9.17, 15) is 4.79 Å². The molecule has 3 aromatic rings. The molecule has 0 N–H and O–H groups in total. The van der Waals surface area contributed by atoms with Crippen molar-refractivity contribution in [1.29, 1.82) is 0 Å². The smallest absolute Gasteiger partial charge is 0.273 e. The largest absolute Gasteiger partial charge is 0.497 e. The summed E-state index contributed by atoms with van der Waals surface area (Å²) in [5.74, 6) is 0.619. The van der Waals surface area contributed by atoms with Crippen LogP contribution in [0.25, 0.3) is 0 Å². The molecular weight excluding hydrogens is 407 g/mol. The van der Waals surface area contributed by atoms with E-state index in [1.807, 2.05) is 48.5 Å². The summed E-state index contributed by atoms with van der Waals surface area (Å²) < 4.78 is 5.26. The fraction of sp³-hybridized carbons (Fsp3) is 0.130. The second-order valence-corrected chi connectivity index (χ2v) is 7.56. The Morgan fingerprint density at radius 3 is 2.31 bits per heavy atom. The number of hydrogen-bond donors (Lipinski definition) is 0. The molecule has 0 spiro atoms. The van der Waals surface area contributed by atoms with Gasteiger partial charge in [-0.2, -0.15) is 0 Å². The highest BCUT2D eigenvalue weighted by Gasteiger charge is 2.38. The summed E-state index contributed by atoms with van der Waals surface area (Å²) in [7, 11) is 1.63. The number of hydrogen-bond acceptors (Lipinski definition) is 3. The van der Waals surface area contributed by atoms with Gasteiger partial charge in [-0.3, -0.25) is 9.69 Å². The monoisotopic (exact) mass is 424 g/mol. The molecule has 0 radical (unpaired) electrons. The topological polar surface area (TPSA) is 41.9 Å². The van der Waals surface area contributed by atoms with Gasteiger partial charge < -0.3 is 4.74 Å². The van der Waals surface area contributed by atoms with Crippen LogP contribution in [0.2, 0.25) is 10.0 Å². The number of rotatable bonds is 4. The lowest BCUT2D eigenvalue weighted by atomic mass is 10.0. The summed E-state index contributed by atoms with van der Waals surface area (Å²) in [4.78, 5) is 19.6. The zero-order chi connectivity index (χ0) is 20.4. The first kappa shape index (κ1) is 19.5. The van der Waals surface area contributed by atoms with Crippen LogP contribution in [0.4, 0.5) is 11.4 Å². The Balaban J connectivity index is 1.77. The number of aliphatic imine (C=N–C) groups is 1. The van der Waals surface area contributed by atoms with Gasteiger partial charge in [-0.25, -0.2) is 4.99 Å². The van der Waals surface area contributed by atoms with Gasteiger partial charge in [-0.15, -0.1) is 0 Å². The Morgan fingerprint density at radius 2 is 1.66 bits per heavy atom. The number of benzene rings is 3. The second-order valence-electron chi connectivity index (χ2n) is 6.69. The Bertz CT molecular complexity index is 1080. The van der Waals surface area contributed by atoms with E-state index in [-0.39, 0.29) is 11.9 Å². The molecule has 0 bridgehead atoms. The van der Waals surface area contributed by atoms with Gasteiger partial charge in [-0.05, 0) is 54.1 Å². The van der Waals surface area contributed by atoms with E-state index >= 15 is 0 Å². The summed E-state index contributed by atoms with van der Waals surface area (Å²) in [5.41, 5.74) is 2.87. The van der Waals surface area contributed by atoms with Crippen molar-refractivity contribution < 1.29 is 9.53 Å². The number of amides is 1. The molecule has 0 unspecified atom stereocenters. The Kier molecular flexibility index (Phi) is 5.56. The predicted molar refractivity (Wildman–Crippen MR) is 118 cm³/mol. The van der Waals surface area contributed by atoms with E-state index < -0.39 is 0 Å². The highest BCUT2D eigenvalue weighted by Crippen LogP contribution is 2.38. The first-order valence-electron chi connectivity index (χ1n) is 9.11. The molecule has 146 valence electrons. The zero-order valence-electron chi connectivity index (χ0n) is 15.7. The molecule has 1 heterocycles. The number of carbonyl (C=O) groups excluding carboxylic acids is 1. The molecule has 0 aliphatic carbocycles. The van der Waals surface area contributed by atoms with Crippen molar-refractivity contribution in [2.45, 2.75) is 12.5 Å². The molecule has 1 aliphatic heterocycles. The number of anilines is 1. The number of ether oxygens (including phenoxy) is 1. The van der Waals surface area contributed by atoms with Gasteiger partial charge in [0.05, 0.1) is 18.8 Å². The van der Waals surface area contributed by atoms with Crippen molar-refractivity contribution in [3.05, 3.63) is 88.4 Å². The third-order valence-electron chi connectivity index (χ3n) is 4.82. The summed E-state index contributed by atoms with van der Waals surface area (Å²) in [5, 5.41) is 1.15. The van der Waals surface area contributed by atoms with Gasteiger partial charge in [-0.1, -0.05) is 47.5 Å². The maximum atomic E-state index is 13.3. The van der Waals surface area contributed by atoms with E-state index in [1.165, 1.54) is 0 Å². The van der Waals surface area contributed by atoms with Gasteiger partial charge >= 0.3 is 0 Å². The van der Waals surface area contributed by atoms with Crippen molar-refractivity contribution in [1.82, 2.24) is 0 Å². The maximum absolute atomic E-state index is 13.3. The first-order valence-corrected chi connectivity index (χ1v) is 9.87. The fourth-order valence-corrected chi connectivity index (χ4v) is 3.82. The highest BCUT2D eigenvalue weighted by atomic mass is 35.5. The zero-order valence-corrected chi connectivity index (χ0v) is 17.2. The Labute approximate surface area is 179 Å². The van der Waals surface area contributed by atoms with E-state index in [0.717, 1.165) is 17.0 Å². The van der Waals surface area contributed by atoms with Crippen LogP contribution in [0, 0.1) is 0 Å². The molecule has 4 rings (SSSR count). The minimum atomic E-state index is -0.190. The van der Waals surface area contributed by atoms with Crippen LogP contribution in [0.15, 0.2) is 77.8 Å².